The molecule has 31 heavy (non-hydrogen) atoms. The van der Waals surface area contributed by atoms with Crippen molar-refractivity contribution in [2.45, 2.75) is 12.5 Å². The number of nitrogens with one attached hydrogen (secondary N) is 1. The third-order valence-corrected chi connectivity index (χ3v) is 6.86. The maximum atomic E-state index is 13.2. The van der Waals surface area contributed by atoms with Gasteiger partial charge in [-0.2, -0.15) is 0 Å². The highest BCUT2D eigenvalue weighted by molar-refractivity contribution is 9.10. The van der Waals surface area contributed by atoms with Gasteiger partial charge in [0.15, 0.2) is 0 Å². The number of likely N-dealkylation sites (N-methyl/N-ethyl adjacent to an activating group) is 1. The van der Waals surface area contributed by atoms with Crippen molar-refractivity contribution in [1.29, 1.82) is 0 Å². The molecule has 0 saturated carbocycles. The first kappa shape index (κ1) is 22.0. The molecule has 6 nitrogen and oxygen atoms in total. The molecule has 2 amide bonds. The number of para-hydroxylation sites is 1. The lowest BCUT2D eigenvalue weighted by Crippen LogP contribution is -2.48. The van der Waals surface area contributed by atoms with Crippen LogP contribution in [0.5, 0.6) is 0 Å². The Morgan fingerprint density at radius 2 is 1.74 bits per heavy atom. The number of benzene rings is 2. The quantitative estimate of drug-likeness (QED) is 0.684. The molecule has 2 aromatic carbocycles. The number of amides is 2. The van der Waals surface area contributed by atoms with Crippen LogP contribution in [-0.2, 0) is 9.59 Å². The molecule has 0 radical (unpaired) electrons. The zero-order chi connectivity index (χ0) is 21.8. The summed E-state index contributed by atoms with van der Waals surface area (Å²) in [5.74, 6) is -0.411. The van der Waals surface area contributed by atoms with Gasteiger partial charge in [-0.05, 0) is 40.7 Å². The van der Waals surface area contributed by atoms with E-state index >= 15 is 0 Å². The van der Waals surface area contributed by atoms with Crippen LogP contribution in [-0.4, -0.2) is 67.9 Å². The molecule has 0 aliphatic carbocycles. The van der Waals surface area contributed by atoms with Crippen molar-refractivity contribution >= 4 is 33.4 Å². The second-order valence-electron chi connectivity index (χ2n) is 8.43. The van der Waals surface area contributed by atoms with Gasteiger partial charge in [0.05, 0.1) is 17.6 Å². The molecule has 4 rings (SSSR count). The Labute approximate surface area is 192 Å². The highest BCUT2D eigenvalue weighted by Crippen LogP contribution is 2.31. The molecule has 2 aliphatic heterocycles. The molecular weight excluding hydrogens is 456 g/mol. The average molecular weight is 485 g/mol. The summed E-state index contributed by atoms with van der Waals surface area (Å²) in [5.41, 5.74) is 1.92. The molecule has 0 aromatic heterocycles. The predicted octanol–water partition coefficient (Wildman–Crippen LogP) is 2.91. The minimum absolute atomic E-state index is 0.0117. The lowest BCUT2D eigenvalue weighted by atomic mass is 10.0. The molecule has 2 atom stereocenters. The van der Waals surface area contributed by atoms with Crippen molar-refractivity contribution in [3.63, 3.8) is 0 Å². The van der Waals surface area contributed by atoms with Crippen molar-refractivity contribution < 1.29 is 9.59 Å². The molecule has 2 aromatic rings. The summed E-state index contributed by atoms with van der Waals surface area (Å²) < 4.78 is 0.863. The second kappa shape index (κ2) is 9.94. The van der Waals surface area contributed by atoms with Crippen LogP contribution in [0.3, 0.4) is 0 Å². The molecule has 2 unspecified atom stereocenters. The SMILES string of the molecule is CN1CCN(CC(NC(=O)C2CC(=O)N(c3ccccc3Br)C2)c2ccccc2)CC1. The number of rotatable bonds is 6. The van der Waals surface area contributed by atoms with Crippen LogP contribution in [0, 0.1) is 5.92 Å². The van der Waals surface area contributed by atoms with Gasteiger partial charge in [-0.1, -0.05) is 42.5 Å². The van der Waals surface area contributed by atoms with E-state index < -0.39 is 0 Å². The number of halogens is 1. The van der Waals surface area contributed by atoms with Gasteiger partial charge >= 0.3 is 0 Å². The Bertz CT molecular complexity index is 915. The van der Waals surface area contributed by atoms with Gasteiger partial charge in [-0.25, -0.2) is 0 Å². The standard InChI is InChI=1S/C24H29BrN4O2/c1-27-11-13-28(14-12-27)17-21(18-7-3-2-4-8-18)26-24(31)19-15-23(30)29(16-19)22-10-6-5-9-20(22)25/h2-10,19,21H,11-17H2,1H3,(H,26,31). The van der Waals surface area contributed by atoms with Gasteiger partial charge in [0.25, 0.3) is 0 Å². The molecule has 0 spiro atoms. The Kier molecular flexibility index (Phi) is 7.05. The van der Waals surface area contributed by atoms with Gasteiger partial charge in [-0.3, -0.25) is 14.5 Å². The van der Waals surface area contributed by atoms with Gasteiger partial charge in [0.2, 0.25) is 11.8 Å². The van der Waals surface area contributed by atoms with Crippen LogP contribution in [0.2, 0.25) is 0 Å². The van der Waals surface area contributed by atoms with Crippen molar-refractivity contribution in [2.24, 2.45) is 5.92 Å². The van der Waals surface area contributed by atoms with Gasteiger partial charge in [0, 0.05) is 50.2 Å². The largest absolute Gasteiger partial charge is 0.348 e. The van der Waals surface area contributed by atoms with Crippen molar-refractivity contribution in [1.82, 2.24) is 15.1 Å². The molecule has 2 heterocycles. The van der Waals surface area contributed by atoms with E-state index in [1.807, 2.05) is 42.5 Å². The first-order valence-corrected chi connectivity index (χ1v) is 11.6. The van der Waals surface area contributed by atoms with Gasteiger partial charge < -0.3 is 15.1 Å². The molecule has 2 fully saturated rings. The fraction of sp³-hybridized carbons (Fsp3) is 0.417. The van der Waals surface area contributed by atoms with Crippen molar-refractivity contribution in [3.05, 3.63) is 64.6 Å². The van der Waals surface area contributed by atoms with Crippen molar-refractivity contribution in [3.8, 4) is 0 Å². The zero-order valence-electron chi connectivity index (χ0n) is 17.8. The predicted molar refractivity (Wildman–Crippen MR) is 126 cm³/mol. The van der Waals surface area contributed by atoms with Gasteiger partial charge in [-0.15, -0.1) is 0 Å². The first-order chi connectivity index (χ1) is 15.0. The van der Waals surface area contributed by atoms with Crippen LogP contribution in [0.4, 0.5) is 5.69 Å². The highest BCUT2D eigenvalue weighted by atomic mass is 79.9. The monoisotopic (exact) mass is 484 g/mol. The summed E-state index contributed by atoms with van der Waals surface area (Å²) >= 11 is 3.52. The molecule has 1 N–H and O–H groups in total. The summed E-state index contributed by atoms with van der Waals surface area (Å²) in [7, 11) is 2.14. The molecule has 0 bridgehead atoms. The number of nitrogens with zero attached hydrogens (tertiary/aromatic N) is 3. The van der Waals surface area contributed by atoms with E-state index in [0.717, 1.165) is 48.4 Å². The van der Waals surface area contributed by atoms with E-state index in [9.17, 15) is 9.59 Å². The van der Waals surface area contributed by atoms with Crippen LogP contribution >= 0.6 is 15.9 Å². The minimum Gasteiger partial charge on any atom is -0.348 e. The normalized spacial score (nSPS) is 21.3. The lowest BCUT2D eigenvalue weighted by molar-refractivity contribution is -0.127. The number of piperazine rings is 1. The Morgan fingerprint density at radius 3 is 2.45 bits per heavy atom. The Balaban J connectivity index is 1.45. The van der Waals surface area contributed by atoms with Crippen LogP contribution in [0.1, 0.15) is 18.0 Å². The maximum Gasteiger partial charge on any atom is 0.227 e. The molecule has 2 aliphatic rings. The highest BCUT2D eigenvalue weighted by Gasteiger charge is 2.36. The average Bonchev–Trinajstić information content (AvgIpc) is 3.17. The van der Waals surface area contributed by atoms with Crippen LogP contribution < -0.4 is 10.2 Å². The third kappa shape index (κ3) is 5.34. The molecule has 7 heteroatoms. The Hall–Kier alpha value is -2.22. The smallest absolute Gasteiger partial charge is 0.227 e. The minimum atomic E-state index is -0.349. The van der Waals surface area contributed by atoms with Crippen LogP contribution in [0.25, 0.3) is 0 Å². The van der Waals surface area contributed by atoms with E-state index in [2.05, 4.69) is 50.2 Å². The van der Waals surface area contributed by atoms with Gasteiger partial charge in [0.1, 0.15) is 0 Å². The summed E-state index contributed by atoms with van der Waals surface area (Å²) in [5, 5.41) is 3.26. The summed E-state index contributed by atoms with van der Waals surface area (Å²) in [6.07, 6.45) is 0.239. The second-order valence-corrected chi connectivity index (χ2v) is 9.29. The summed E-state index contributed by atoms with van der Waals surface area (Å²) in [6, 6.07) is 17.7. The fourth-order valence-electron chi connectivity index (χ4n) is 4.28. The first-order valence-electron chi connectivity index (χ1n) is 10.8. The Morgan fingerprint density at radius 1 is 1.06 bits per heavy atom. The number of anilines is 1. The van der Waals surface area contributed by atoms with E-state index in [4.69, 9.17) is 0 Å². The lowest BCUT2D eigenvalue weighted by Gasteiger charge is -2.35. The fourth-order valence-corrected chi connectivity index (χ4v) is 4.78. The third-order valence-electron chi connectivity index (χ3n) is 6.19. The number of hydrogen-bond acceptors (Lipinski definition) is 4. The number of carbonyl (C=O) groups excluding carboxylic acids is 2. The van der Waals surface area contributed by atoms with E-state index in [0.29, 0.717) is 6.54 Å². The van der Waals surface area contributed by atoms with Crippen LogP contribution in [0.15, 0.2) is 59.1 Å². The summed E-state index contributed by atoms with van der Waals surface area (Å²) in [6.45, 7) is 5.24. The van der Waals surface area contributed by atoms with E-state index in [1.54, 1.807) is 4.90 Å². The number of hydrogen-bond donors (Lipinski definition) is 1. The summed E-state index contributed by atoms with van der Waals surface area (Å²) in [4.78, 5) is 32.3. The number of carbonyl (C=O) groups is 2. The molecule has 2 saturated heterocycles. The maximum absolute atomic E-state index is 13.2. The van der Waals surface area contributed by atoms with E-state index in [-0.39, 0.29) is 30.2 Å². The van der Waals surface area contributed by atoms with E-state index in [1.165, 1.54) is 0 Å². The topological polar surface area (TPSA) is 55.9 Å². The zero-order valence-corrected chi connectivity index (χ0v) is 19.4. The molecular formula is C24H29BrN4O2. The van der Waals surface area contributed by atoms with Crippen molar-refractivity contribution in [2.75, 3.05) is 51.2 Å². The molecule has 164 valence electrons.